The number of carboxylic acid groups (broad SMARTS) is 1. The van der Waals surface area contributed by atoms with Gasteiger partial charge < -0.3 is 10.0 Å². The Morgan fingerprint density at radius 2 is 1.95 bits per heavy atom. The number of piperazine rings is 1. The molecule has 108 valence electrons. The minimum Gasteiger partial charge on any atom is -0.481 e. The van der Waals surface area contributed by atoms with E-state index in [2.05, 4.69) is 22.0 Å². The zero-order chi connectivity index (χ0) is 13.5. The molecule has 1 aliphatic carbocycles. The van der Waals surface area contributed by atoms with Crippen LogP contribution in [-0.4, -0.2) is 59.6 Å². The van der Waals surface area contributed by atoms with Crippen molar-refractivity contribution in [1.82, 2.24) is 9.80 Å². The SMILES string of the molecule is O=C(O)CCN1CCN(C2/C=C/CCCCC2)CC1. The fourth-order valence-electron chi connectivity index (χ4n) is 3.02. The summed E-state index contributed by atoms with van der Waals surface area (Å²) in [5, 5.41) is 8.71. The predicted octanol–water partition coefficient (Wildman–Crippen LogP) is 1.97. The van der Waals surface area contributed by atoms with E-state index >= 15 is 0 Å². The molecule has 1 saturated heterocycles. The van der Waals surface area contributed by atoms with Crippen LogP contribution in [0.4, 0.5) is 0 Å². The molecular weight excluding hydrogens is 240 g/mol. The zero-order valence-electron chi connectivity index (χ0n) is 11.8. The Bertz CT molecular complexity index is 309. The maximum Gasteiger partial charge on any atom is 0.304 e. The molecule has 0 aromatic heterocycles. The minimum absolute atomic E-state index is 0.267. The molecule has 1 heterocycles. The Hall–Kier alpha value is -0.870. The van der Waals surface area contributed by atoms with Crippen molar-refractivity contribution in [2.45, 2.75) is 44.6 Å². The summed E-state index contributed by atoms with van der Waals surface area (Å²) in [6, 6.07) is 0.613. The van der Waals surface area contributed by atoms with E-state index in [-0.39, 0.29) is 6.42 Å². The van der Waals surface area contributed by atoms with E-state index in [1.165, 1.54) is 32.1 Å². The molecule has 19 heavy (non-hydrogen) atoms. The van der Waals surface area contributed by atoms with Gasteiger partial charge in [-0.15, -0.1) is 0 Å². The Balaban J connectivity index is 1.75. The average Bonchev–Trinajstić information content (AvgIpc) is 2.37. The number of aliphatic carboxylic acids is 1. The summed E-state index contributed by atoms with van der Waals surface area (Å²) >= 11 is 0. The number of nitrogens with zero attached hydrogens (tertiary/aromatic N) is 2. The molecular formula is C15H26N2O2. The van der Waals surface area contributed by atoms with Crippen LogP contribution in [0.5, 0.6) is 0 Å². The molecule has 1 N–H and O–H groups in total. The third kappa shape index (κ3) is 4.96. The Morgan fingerprint density at radius 1 is 1.16 bits per heavy atom. The lowest BCUT2D eigenvalue weighted by molar-refractivity contribution is -0.137. The quantitative estimate of drug-likeness (QED) is 0.790. The van der Waals surface area contributed by atoms with Gasteiger partial charge in [-0.25, -0.2) is 0 Å². The lowest BCUT2D eigenvalue weighted by Gasteiger charge is -2.38. The van der Waals surface area contributed by atoms with Crippen LogP contribution in [0.25, 0.3) is 0 Å². The number of rotatable bonds is 4. The normalized spacial score (nSPS) is 28.5. The van der Waals surface area contributed by atoms with Gasteiger partial charge in [-0.1, -0.05) is 25.0 Å². The topological polar surface area (TPSA) is 43.8 Å². The first-order chi connectivity index (χ1) is 9.25. The molecule has 2 rings (SSSR count). The lowest BCUT2D eigenvalue weighted by atomic mass is 10.0. The smallest absolute Gasteiger partial charge is 0.304 e. The van der Waals surface area contributed by atoms with Gasteiger partial charge in [0.15, 0.2) is 0 Å². The summed E-state index contributed by atoms with van der Waals surface area (Å²) in [4.78, 5) is 15.4. The van der Waals surface area contributed by atoms with Gasteiger partial charge in [-0.05, 0) is 19.3 Å². The molecule has 4 heteroatoms. The van der Waals surface area contributed by atoms with Crippen molar-refractivity contribution in [3.05, 3.63) is 12.2 Å². The number of carboxylic acids is 1. The molecule has 2 aliphatic rings. The molecule has 0 radical (unpaired) electrons. The Labute approximate surface area is 116 Å². The second-order valence-electron chi connectivity index (χ2n) is 5.65. The summed E-state index contributed by atoms with van der Waals surface area (Å²) in [6.45, 7) is 4.88. The highest BCUT2D eigenvalue weighted by Gasteiger charge is 2.22. The number of hydrogen-bond donors (Lipinski definition) is 1. The molecule has 0 aromatic rings. The first-order valence-electron chi connectivity index (χ1n) is 7.60. The largest absolute Gasteiger partial charge is 0.481 e. The van der Waals surface area contributed by atoms with Crippen molar-refractivity contribution in [3.63, 3.8) is 0 Å². The second kappa shape index (κ2) is 7.65. The molecule has 0 spiro atoms. The Kier molecular flexibility index (Phi) is 5.86. The number of carbonyl (C=O) groups is 1. The first-order valence-corrected chi connectivity index (χ1v) is 7.60. The van der Waals surface area contributed by atoms with Gasteiger partial charge in [-0.3, -0.25) is 9.69 Å². The summed E-state index contributed by atoms with van der Waals surface area (Å²) in [6.07, 6.45) is 11.6. The van der Waals surface area contributed by atoms with Gasteiger partial charge in [0.1, 0.15) is 0 Å². The van der Waals surface area contributed by atoms with Gasteiger partial charge in [0.2, 0.25) is 0 Å². The molecule has 0 bridgehead atoms. The van der Waals surface area contributed by atoms with Crippen LogP contribution in [0, 0.1) is 0 Å². The van der Waals surface area contributed by atoms with Crippen LogP contribution in [0.2, 0.25) is 0 Å². The van der Waals surface area contributed by atoms with E-state index in [4.69, 9.17) is 5.11 Å². The van der Waals surface area contributed by atoms with Gasteiger partial charge in [0.25, 0.3) is 0 Å². The van der Waals surface area contributed by atoms with Crippen LogP contribution >= 0.6 is 0 Å². The van der Waals surface area contributed by atoms with Crippen molar-refractivity contribution in [1.29, 1.82) is 0 Å². The van der Waals surface area contributed by atoms with E-state index in [1.54, 1.807) is 0 Å². The van der Waals surface area contributed by atoms with E-state index in [9.17, 15) is 4.79 Å². The van der Waals surface area contributed by atoms with Crippen molar-refractivity contribution in [2.24, 2.45) is 0 Å². The van der Waals surface area contributed by atoms with E-state index in [0.717, 1.165) is 26.2 Å². The molecule has 1 aliphatic heterocycles. The number of hydrogen-bond acceptors (Lipinski definition) is 3. The average molecular weight is 266 g/mol. The molecule has 1 unspecified atom stereocenters. The van der Waals surface area contributed by atoms with Crippen LogP contribution in [0.15, 0.2) is 12.2 Å². The van der Waals surface area contributed by atoms with Crippen molar-refractivity contribution >= 4 is 5.97 Å². The summed E-state index contributed by atoms with van der Waals surface area (Å²) in [7, 11) is 0. The fraction of sp³-hybridized carbons (Fsp3) is 0.800. The highest BCUT2D eigenvalue weighted by Crippen LogP contribution is 2.18. The second-order valence-corrected chi connectivity index (χ2v) is 5.65. The molecule has 1 atom stereocenters. The zero-order valence-corrected chi connectivity index (χ0v) is 11.8. The van der Waals surface area contributed by atoms with Crippen molar-refractivity contribution in [2.75, 3.05) is 32.7 Å². The summed E-state index contributed by atoms with van der Waals surface area (Å²) in [5.41, 5.74) is 0. The van der Waals surface area contributed by atoms with Crippen LogP contribution < -0.4 is 0 Å². The molecule has 4 nitrogen and oxygen atoms in total. The van der Waals surface area contributed by atoms with E-state index in [1.807, 2.05) is 0 Å². The fourth-order valence-corrected chi connectivity index (χ4v) is 3.02. The van der Waals surface area contributed by atoms with Crippen molar-refractivity contribution < 1.29 is 9.90 Å². The van der Waals surface area contributed by atoms with Gasteiger partial charge in [0, 0.05) is 38.8 Å². The highest BCUT2D eigenvalue weighted by molar-refractivity contribution is 5.66. The predicted molar refractivity (Wildman–Crippen MR) is 76.3 cm³/mol. The first kappa shape index (κ1) is 14.5. The third-order valence-corrected chi connectivity index (χ3v) is 4.25. The molecule has 1 fully saturated rings. The van der Waals surface area contributed by atoms with E-state index < -0.39 is 5.97 Å². The summed E-state index contributed by atoms with van der Waals surface area (Å²) < 4.78 is 0. The Morgan fingerprint density at radius 3 is 2.68 bits per heavy atom. The van der Waals surface area contributed by atoms with Crippen LogP contribution in [0.3, 0.4) is 0 Å². The highest BCUT2D eigenvalue weighted by atomic mass is 16.4. The van der Waals surface area contributed by atoms with Crippen LogP contribution in [0.1, 0.15) is 38.5 Å². The number of allylic oxidation sites excluding steroid dienone is 1. The van der Waals surface area contributed by atoms with Gasteiger partial charge >= 0.3 is 5.97 Å². The van der Waals surface area contributed by atoms with E-state index in [0.29, 0.717) is 12.6 Å². The third-order valence-electron chi connectivity index (χ3n) is 4.25. The minimum atomic E-state index is -0.689. The lowest BCUT2D eigenvalue weighted by Crippen LogP contribution is -2.50. The van der Waals surface area contributed by atoms with Gasteiger partial charge in [0.05, 0.1) is 6.42 Å². The standard InChI is InChI=1S/C15H26N2O2/c18-15(19)8-9-16-10-12-17(13-11-16)14-6-4-2-1-3-5-7-14/h4,6,14H,1-3,5,7-13H2,(H,18,19)/b6-4+. The molecule has 0 saturated carbocycles. The monoisotopic (exact) mass is 266 g/mol. The summed E-state index contributed by atoms with van der Waals surface area (Å²) in [5.74, 6) is -0.689. The molecule has 0 amide bonds. The maximum absolute atomic E-state index is 10.6. The van der Waals surface area contributed by atoms with Crippen molar-refractivity contribution in [3.8, 4) is 0 Å². The van der Waals surface area contributed by atoms with Gasteiger partial charge in [-0.2, -0.15) is 0 Å². The molecule has 0 aromatic carbocycles. The maximum atomic E-state index is 10.6. The van der Waals surface area contributed by atoms with Crippen LogP contribution in [-0.2, 0) is 4.79 Å².